The van der Waals surface area contributed by atoms with Crippen LogP contribution in [0.4, 0.5) is 17.1 Å². The van der Waals surface area contributed by atoms with Crippen LogP contribution in [0.3, 0.4) is 0 Å². The molecule has 3 heteroatoms. The van der Waals surface area contributed by atoms with Crippen LogP contribution in [-0.2, 0) is 0 Å². The number of hydrogen-bond donors (Lipinski definition) is 0. The molecule has 0 aliphatic carbocycles. The van der Waals surface area contributed by atoms with Gasteiger partial charge in [0.2, 0.25) is 0 Å². The van der Waals surface area contributed by atoms with Crippen molar-refractivity contribution in [3.8, 4) is 39.1 Å². The minimum atomic E-state index is 1.10. The lowest BCUT2D eigenvalue weighted by atomic mass is 10.0. The first kappa shape index (κ1) is 34.1. The van der Waals surface area contributed by atoms with E-state index in [-0.39, 0.29) is 0 Å². The van der Waals surface area contributed by atoms with E-state index in [9.17, 15) is 0 Å². The third kappa shape index (κ3) is 5.87. The molecule has 0 N–H and O–H groups in total. The Labute approximate surface area is 342 Å². The Hall–Kier alpha value is -7.20. The van der Waals surface area contributed by atoms with E-state index in [0.29, 0.717) is 0 Å². The molecule has 2 heterocycles. The Bertz CT molecular complexity index is 3250. The van der Waals surface area contributed by atoms with Crippen LogP contribution in [0.2, 0.25) is 0 Å². The van der Waals surface area contributed by atoms with Crippen molar-refractivity contribution >= 4 is 70.4 Å². The minimum Gasteiger partial charge on any atom is -0.311 e. The quantitative estimate of drug-likeness (QED) is 0.157. The second-order valence-corrected chi connectivity index (χ2v) is 16.1. The maximum atomic E-state index is 2.38. The number of nitrogens with zero attached hydrogens (tertiary/aromatic N) is 2. The number of benzene rings is 9. The van der Waals surface area contributed by atoms with Crippen LogP contribution in [0.25, 0.3) is 81.0 Å². The molecule has 0 unspecified atom stereocenters. The summed E-state index contributed by atoms with van der Waals surface area (Å²) in [5, 5.41) is 5.15. The molecule has 274 valence electrons. The van der Waals surface area contributed by atoms with Crippen molar-refractivity contribution in [2.45, 2.75) is 6.92 Å². The number of aryl methyl sites for hydroxylation is 1. The van der Waals surface area contributed by atoms with Gasteiger partial charge in [-0.25, -0.2) is 0 Å². The SMILES string of the molecule is Cc1ccc(-n2c3ccccc3c3cc(-c4ccc(N(c5ccc(-c6ccccc6)cc5)c5ccc(-c6cccc7c6sc6ccccc67)cc5)cc4)ccc32)cc1. The highest BCUT2D eigenvalue weighted by Crippen LogP contribution is 2.42. The van der Waals surface area contributed by atoms with E-state index < -0.39 is 0 Å². The van der Waals surface area contributed by atoms with Crippen LogP contribution in [-0.4, -0.2) is 4.57 Å². The van der Waals surface area contributed by atoms with Crippen molar-refractivity contribution in [3.05, 3.63) is 218 Å². The maximum absolute atomic E-state index is 2.38. The normalized spacial score (nSPS) is 11.5. The Balaban J connectivity index is 0.979. The number of thiophene rings is 1. The van der Waals surface area contributed by atoms with Crippen LogP contribution in [0.15, 0.2) is 212 Å². The van der Waals surface area contributed by atoms with Crippen molar-refractivity contribution in [2.24, 2.45) is 0 Å². The summed E-state index contributed by atoms with van der Waals surface area (Å²) in [6, 6.07) is 77.5. The van der Waals surface area contributed by atoms with E-state index in [4.69, 9.17) is 0 Å². The van der Waals surface area contributed by atoms with Gasteiger partial charge in [-0.15, -0.1) is 11.3 Å². The fraction of sp³-hybridized carbons (Fsp3) is 0.0182. The van der Waals surface area contributed by atoms with Gasteiger partial charge in [0.15, 0.2) is 0 Å². The molecule has 11 aromatic rings. The van der Waals surface area contributed by atoms with Gasteiger partial charge in [-0.1, -0.05) is 145 Å². The fourth-order valence-corrected chi connectivity index (χ4v) is 9.81. The Morgan fingerprint density at radius 2 is 0.914 bits per heavy atom. The van der Waals surface area contributed by atoms with Gasteiger partial charge in [-0.3, -0.25) is 0 Å². The summed E-state index contributed by atoms with van der Waals surface area (Å²) in [6.45, 7) is 2.14. The Kier molecular flexibility index (Phi) is 8.27. The summed E-state index contributed by atoms with van der Waals surface area (Å²) in [6.07, 6.45) is 0. The Morgan fingerprint density at radius 1 is 0.379 bits per heavy atom. The van der Waals surface area contributed by atoms with E-state index in [1.54, 1.807) is 0 Å². The number of aromatic nitrogens is 1. The lowest BCUT2D eigenvalue weighted by molar-refractivity contribution is 1.17. The number of anilines is 3. The van der Waals surface area contributed by atoms with Crippen molar-refractivity contribution in [1.29, 1.82) is 0 Å². The zero-order valence-electron chi connectivity index (χ0n) is 32.0. The number of rotatable bonds is 7. The largest absolute Gasteiger partial charge is 0.311 e. The summed E-state index contributed by atoms with van der Waals surface area (Å²) in [4.78, 5) is 2.36. The monoisotopic (exact) mass is 758 g/mol. The van der Waals surface area contributed by atoms with E-state index in [1.807, 2.05) is 11.3 Å². The van der Waals surface area contributed by atoms with E-state index >= 15 is 0 Å². The summed E-state index contributed by atoms with van der Waals surface area (Å²) < 4.78 is 5.04. The predicted octanol–water partition coefficient (Wildman–Crippen LogP) is 15.9. The molecule has 0 spiro atoms. The average molecular weight is 759 g/mol. The lowest BCUT2D eigenvalue weighted by Gasteiger charge is -2.26. The van der Waals surface area contributed by atoms with Crippen molar-refractivity contribution in [2.75, 3.05) is 4.90 Å². The predicted molar refractivity (Wildman–Crippen MR) is 249 cm³/mol. The van der Waals surface area contributed by atoms with Crippen molar-refractivity contribution in [1.82, 2.24) is 4.57 Å². The van der Waals surface area contributed by atoms with Crippen LogP contribution in [0, 0.1) is 6.92 Å². The third-order valence-electron chi connectivity index (χ3n) is 11.5. The first-order chi connectivity index (χ1) is 28.7. The van der Waals surface area contributed by atoms with Gasteiger partial charge in [-0.05, 0) is 113 Å². The molecule has 9 aromatic carbocycles. The Morgan fingerprint density at radius 3 is 1.62 bits per heavy atom. The van der Waals surface area contributed by atoms with Crippen LogP contribution >= 0.6 is 11.3 Å². The van der Waals surface area contributed by atoms with E-state index in [0.717, 1.165) is 17.1 Å². The smallest absolute Gasteiger partial charge is 0.0541 e. The van der Waals surface area contributed by atoms with Gasteiger partial charge in [-0.2, -0.15) is 0 Å². The van der Waals surface area contributed by atoms with Gasteiger partial charge < -0.3 is 9.47 Å². The van der Waals surface area contributed by atoms with Gasteiger partial charge in [0.05, 0.1) is 11.0 Å². The highest BCUT2D eigenvalue weighted by Gasteiger charge is 2.17. The molecule has 0 aliphatic heterocycles. The molecule has 2 aromatic heterocycles. The molecule has 0 bridgehead atoms. The molecule has 0 amide bonds. The number of hydrogen-bond acceptors (Lipinski definition) is 2. The van der Waals surface area contributed by atoms with E-state index in [2.05, 4.69) is 229 Å². The van der Waals surface area contributed by atoms with Crippen LogP contribution < -0.4 is 4.90 Å². The molecule has 0 radical (unpaired) electrons. The van der Waals surface area contributed by atoms with Crippen LogP contribution in [0.5, 0.6) is 0 Å². The maximum Gasteiger partial charge on any atom is 0.0541 e. The molecule has 0 saturated heterocycles. The summed E-state index contributed by atoms with van der Waals surface area (Å²) in [7, 11) is 0. The van der Waals surface area contributed by atoms with Crippen molar-refractivity contribution in [3.63, 3.8) is 0 Å². The molecule has 0 atom stereocenters. The minimum absolute atomic E-state index is 1.10. The van der Waals surface area contributed by atoms with Crippen LogP contribution in [0.1, 0.15) is 5.56 Å². The van der Waals surface area contributed by atoms with E-state index in [1.165, 1.54) is 86.6 Å². The van der Waals surface area contributed by atoms with Crippen molar-refractivity contribution < 1.29 is 0 Å². The summed E-state index contributed by atoms with van der Waals surface area (Å²) in [5.41, 5.74) is 15.5. The van der Waals surface area contributed by atoms with Gasteiger partial charge >= 0.3 is 0 Å². The zero-order chi connectivity index (χ0) is 38.6. The lowest BCUT2D eigenvalue weighted by Crippen LogP contribution is -2.09. The number of para-hydroxylation sites is 1. The number of fused-ring (bicyclic) bond motifs is 6. The molecule has 0 saturated carbocycles. The standard InChI is InChI=1S/C55H38N2S/c1-37-18-27-46(28-19-37)57-52-16-7-5-12-48(52)51-36-42(26-35-53(51)57)40-22-31-44(32-23-40)56(43-29-20-39(21-30-43)38-10-3-2-4-11-38)45-33-24-41(25-34-45)47-14-9-15-50-49-13-6-8-17-54(49)58-55(47)50/h2-36H,1H3. The topological polar surface area (TPSA) is 8.17 Å². The molecule has 58 heavy (non-hydrogen) atoms. The highest BCUT2D eigenvalue weighted by atomic mass is 32.1. The molecule has 11 rings (SSSR count). The fourth-order valence-electron chi connectivity index (χ4n) is 8.57. The second kappa shape index (κ2) is 14.1. The molecular formula is C55H38N2S. The summed E-state index contributed by atoms with van der Waals surface area (Å²) >= 11 is 1.88. The summed E-state index contributed by atoms with van der Waals surface area (Å²) in [5.74, 6) is 0. The zero-order valence-corrected chi connectivity index (χ0v) is 32.8. The first-order valence-corrected chi connectivity index (χ1v) is 20.6. The molecule has 0 fully saturated rings. The second-order valence-electron chi connectivity index (χ2n) is 15.0. The van der Waals surface area contributed by atoms with Gasteiger partial charge in [0, 0.05) is 53.7 Å². The van der Waals surface area contributed by atoms with Gasteiger partial charge in [0.25, 0.3) is 0 Å². The molecular weight excluding hydrogens is 721 g/mol. The first-order valence-electron chi connectivity index (χ1n) is 19.8. The highest BCUT2D eigenvalue weighted by molar-refractivity contribution is 7.26. The average Bonchev–Trinajstić information content (AvgIpc) is 3.84. The molecule has 2 nitrogen and oxygen atoms in total. The van der Waals surface area contributed by atoms with Gasteiger partial charge in [0.1, 0.15) is 0 Å². The third-order valence-corrected chi connectivity index (χ3v) is 12.7. The molecule has 0 aliphatic rings.